The largest absolute Gasteiger partial charge is 0.497 e. The molecule has 0 aliphatic rings. The van der Waals surface area contributed by atoms with Gasteiger partial charge in [0.05, 0.1) is 28.4 Å². The van der Waals surface area contributed by atoms with Crippen molar-refractivity contribution in [2.75, 3.05) is 28.4 Å². The van der Waals surface area contributed by atoms with E-state index in [9.17, 15) is 9.59 Å². The molecule has 5 aromatic rings. The third-order valence-electron chi connectivity index (χ3n) is 6.60. The molecule has 0 aliphatic heterocycles. The van der Waals surface area contributed by atoms with Crippen molar-refractivity contribution < 1.29 is 37.7 Å². The van der Waals surface area contributed by atoms with Gasteiger partial charge in [-0.3, -0.25) is 4.79 Å². The first kappa shape index (κ1) is 28.0. The maximum atomic E-state index is 13.5. The van der Waals surface area contributed by atoms with E-state index in [1.807, 2.05) is 30.3 Å². The van der Waals surface area contributed by atoms with Gasteiger partial charge in [-0.05, 0) is 66.2 Å². The third kappa shape index (κ3) is 5.69. The molecule has 42 heavy (non-hydrogen) atoms. The number of esters is 1. The van der Waals surface area contributed by atoms with E-state index in [1.54, 1.807) is 67.8 Å². The van der Waals surface area contributed by atoms with E-state index in [4.69, 9.17) is 28.1 Å². The average molecular weight is 565 g/mol. The highest BCUT2D eigenvalue weighted by Gasteiger charge is 2.24. The summed E-state index contributed by atoms with van der Waals surface area (Å²) in [6.45, 7) is 0. The molecule has 0 saturated heterocycles. The molecule has 1 aromatic heterocycles. The summed E-state index contributed by atoms with van der Waals surface area (Å²) >= 11 is 0. The zero-order chi connectivity index (χ0) is 29.6. The Labute approximate surface area is 242 Å². The molecule has 8 heteroatoms. The number of benzene rings is 4. The van der Waals surface area contributed by atoms with Crippen LogP contribution >= 0.6 is 0 Å². The fourth-order valence-corrected chi connectivity index (χ4v) is 4.51. The van der Waals surface area contributed by atoms with Crippen LogP contribution in [0.4, 0.5) is 0 Å². The van der Waals surface area contributed by atoms with Gasteiger partial charge in [0.15, 0.2) is 17.3 Å². The highest BCUT2D eigenvalue weighted by molar-refractivity contribution is 6.10. The second-order valence-electron chi connectivity index (χ2n) is 9.10. The average Bonchev–Trinajstić information content (AvgIpc) is 3.42. The SMILES string of the molecule is COc1ccc2oc(-c3ccccc3)c(C(=O)Oc3ccc(C(=O)C=Cc4cc(OC)c(OC)c(OC)c4)cc3)c2c1. The monoisotopic (exact) mass is 564 g/mol. The lowest BCUT2D eigenvalue weighted by Crippen LogP contribution is -2.09. The molecule has 0 radical (unpaired) electrons. The fourth-order valence-electron chi connectivity index (χ4n) is 4.51. The van der Waals surface area contributed by atoms with Gasteiger partial charge in [0.25, 0.3) is 0 Å². The standard InChI is InChI=1S/C34H28O8/c1-37-25-15-17-28-26(20-25)31(32(42-28)23-8-6-5-7-9-23)34(36)41-24-13-11-22(12-14-24)27(35)16-10-21-18-29(38-2)33(40-4)30(19-21)39-3/h5-20H,1-4H3. The van der Waals surface area contributed by atoms with Crippen molar-refractivity contribution in [3.63, 3.8) is 0 Å². The molecule has 0 atom stereocenters. The Morgan fingerprint density at radius 1 is 0.714 bits per heavy atom. The summed E-state index contributed by atoms with van der Waals surface area (Å²) in [5.74, 6) is 1.85. The Kier molecular flexibility index (Phi) is 8.24. The van der Waals surface area contributed by atoms with Crippen LogP contribution in [0.5, 0.6) is 28.7 Å². The van der Waals surface area contributed by atoms with E-state index in [-0.39, 0.29) is 17.1 Å². The van der Waals surface area contributed by atoms with Gasteiger partial charge in [-0.1, -0.05) is 36.4 Å². The molecule has 4 aromatic carbocycles. The lowest BCUT2D eigenvalue weighted by Gasteiger charge is -2.12. The van der Waals surface area contributed by atoms with Gasteiger partial charge in [0, 0.05) is 16.5 Å². The number of rotatable bonds is 10. The smallest absolute Gasteiger partial charge is 0.348 e. The topological polar surface area (TPSA) is 93.4 Å². The summed E-state index contributed by atoms with van der Waals surface area (Å²) < 4.78 is 33.2. The number of carbonyl (C=O) groups excluding carboxylic acids is 2. The molecule has 5 rings (SSSR count). The zero-order valence-electron chi connectivity index (χ0n) is 23.5. The number of allylic oxidation sites excluding steroid dienone is 1. The van der Waals surface area contributed by atoms with Gasteiger partial charge < -0.3 is 28.1 Å². The predicted molar refractivity (Wildman–Crippen MR) is 159 cm³/mol. The molecule has 0 fully saturated rings. The minimum absolute atomic E-state index is 0.235. The first-order chi connectivity index (χ1) is 20.4. The van der Waals surface area contributed by atoms with Crippen molar-refractivity contribution >= 4 is 28.8 Å². The van der Waals surface area contributed by atoms with Crippen molar-refractivity contribution in [3.05, 3.63) is 108 Å². The minimum Gasteiger partial charge on any atom is -0.497 e. The number of hydrogen-bond donors (Lipinski definition) is 0. The molecule has 0 saturated carbocycles. The number of furan rings is 1. The molecule has 0 amide bonds. The molecule has 0 spiro atoms. The van der Waals surface area contributed by atoms with Gasteiger partial charge in [-0.15, -0.1) is 0 Å². The summed E-state index contributed by atoms with van der Waals surface area (Å²) in [5, 5.41) is 0.571. The van der Waals surface area contributed by atoms with E-state index in [0.29, 0.717) is 50.9 Å². The maximum Gasteiger partial charge on any atom is 0.348 e. The summed E-state index contributed by atoms with van der Waals surface area (Å²) in [4.78, 5) is 26.4. The summed E-state index contributed by atoms with van der Waals surface area (Å²) in [6.07, 6.45) is 3.10. The Morgan fingerprint density at radius 2 is 1.38 bits per heavy atom. The van der Waals surface area contributed by atoms with Crippen molar-refractivity contribution in [3.8, 4) is 40.1 Å². The molecule has 212 valence electrons. The number of fused-ring (bicyclic) bond motifs is 1. The second kappa shape index (κ2) is 12.3. The van der Waals surface area contributed by atoms with Crippen molar-refractivity contribution in [2.24, 2.45) is 0 Å². The van der Waals surface area contributed by atoms with Crippen LogP contribution in [0.1, 0.15) is 26.3 Å². The molecule has 8 nitrogen and oxygen atoms in total. The Bertz CT molecular complexity index is 1740. The van der Waals surface area contributed by atoms with Crippen LogP contribution in [-0.2, 0) is 0 Å². The third-order valence-corrected chi connectivity index (χ3v) is 6.60. The van der Waals surface area contributed by atoms with Crippen molar-refractivity contribution in [1.29, 1.82) is 0 Å². The Hall–Kier alpha value is -5.50. The van der Waals surface area contributed by atoms with Gasteiger partial charge in [0.2, 0.25) is 5.75 Å². The molecular formula is C34H28O8. The summed E-state index contributed by atoms with van der Waals surface area (Å²) in [6, 6.07) is 24.4. The van der Waals surface area contributed by atoms with Gasteiger partial charge in [-0.2, -0.15) is 0 Å². The summed E-state index contributed by atoms with van der Waals surface area (Å²) in [5.41, 5.74) is 2.66. The van der Waals surface area contributed by atoms with E-state index >= 15 is 0 Å². The highest BCUT2D eigenvalue weighted by Crippen LogP contribution is 2.39. The quantitative estimate of drug-likeness (QED) is 0.0758. The van der Waals surface area contributed by atoms with E-state index in [2.05, 4.69) is 0 Å². The van der Waals surface area contributed by atoms with Gasteiger partial charge >= 0.3 is 5.97 Å². The first-order valence-corrected chi connectivity index (χ1v) is 13.0. The lowest BCUT2D eigenvalue weighted by atomic mass is 10.1. The Balaban J connectivity index is 1.37. The number of ketones is 1. The molecule has 0 N–H and O–H groups in total. The molecule has 0 bridgehead atoms. The van der Waals surface area contributed by atoms with E-state index < -0.39 is 5.97 Å². The number of ether oxygens (including phenoxy) is 5. The Morgan fingerprint density at radius 3 is 2.00 bits per heavy atom. The number of carbonyl (C=O) groups is 2. The van der Waals surface area contributed by atoms with Crippen molar-refractivity contribution in [1.82, 2.24) is 0 Å². The van der Waals surface area contributed by atoms with Gasteiger partial charge in [-0.25, -0.2) is 4.79 Å². The van der Waals surface area contributed by atoms with Crippen molar-refractivity contribution in [2.45, 2.75) is 0 Å². The fraction of sp³-hybridized carbons (Fsp3) is 0.118. The maximum absolute atomic E-state index is 13.5. The van der Waals surface area contributed by atoms with Crippen LogP contribution in [0.25, 0.3) is 28.4 Å². The lowest BCUT2D eigenvalue weighted by molar-refractivity contribution is 0.0737. The number of hydrogen-bond acceptors (Lipinski definition) is 8. The summed E-state index contributed by atoms with van der Waals surface area (Å²) in [7, 11) is 6.13. The van der Waals surface area contributed by atoms with E-state index in [0.717, 1.165) is 5.56 Å². The first-order valence-electron chi connectivity index (χ1n) is 13.0. The van der Waals surface area contributed by atoms with E-state index in [1.165, 1.54) is 27.4 Å². The molecule has 0 aliphatic carbocycles. The minimum atomic E-state index is -0.595. The van der Waals surface area contributed by atoms with Gasteiger partial charge in [0.1, 0.15) is 28.4 Å². The van der Waals surface area contributed by atoms with Crippen LogP contribution in [0.2, 0.25) is 0 Å². The molecule has 1 heterocycles. The predicted octanol–water partition coefficient (Wildman–Crippen LogP) is 7.25. The molecular weight excluding hydrogens is 536 g/mol. The van der Waals surface area contributed by atoms with Crippen LogP contribution in [0.15, 0.2) is 95.4 Å². The van der Waals surface area contributed by atoms with Crippen LogP contribution < -0.4 is 23.7 Å². The zero-order valence-corrected chi connectivity index (χ0v) is 23.5. The van der Waals surface area contributed by atoms with Crippen LogP contribution in [0, 0.1) is 0 Å². The normalized spacial score (nSPS) is 11.0. The second-order valence-corrected chi connectivity index (χ2v) is 9.10. The van der Waals surface area contributed by atoms with Crippen LogP contribution in [-0.4, -0.2) is 40.2 Å². The molecule has 0 unspecified atom stereocenters. The van der Waals surface area contributed by atoms with Crippen LogP contribution in [0.3, 0.4) is 0 Å². The number of methoxy groups -OCH3 is 4. The highest BCUT2D eigenvalue weighted by atomic mass is 16.5.